The molecule has 5 nitrogen and oxygen atoms in total. The van der Waals surface area contributed by atoms with E-state index in [1.54, 1.807) is 29.2 Å². The second-order valence-corrected chi connectivity index (χ2v) is 16.0. The first-order valence-electron chi connectivity index (χ1n) is 22.9. The molecule has 61 heavy (non-hydrogen) atoms. The number of imidazole rings is 1. The second kappa shape index (κ2) is 15.3. The molecule has 11 aromatic rings. The van der Waals surface area contributed by atoms with Crippen LogP contribution < -0.4 is 4.57 Å². The average molecular weight is 974 g/mol. The Morgan fingerprint density at radius 3 is 2.36 bits per heavy atom. The summed E-state index contributed by atoms with van der Waals surface area (Å²) in [6.07, 6.45) is 7.05. The molecule has 0 saturated carbocycles. The Balaban J connectivity index is 0.00000525. The Hall–Kier alpha value is -6.81. The van der Waals surface area contributed by atoms with Gasteiger partial charge in [0.2, 0.25) is 0 Å². The van der Waals surface area contributed by atoms with Crippen LogP contribution in [0.15, 0.2) is 181 Å². The molecule has 0 spiro atoms. The molecule has 0 atom stereocenters. The van der Waals surface area contributed by atoms with Gasteiger partial charge in [-0.2, -0.15) is 53.5 Å². The predicted molar refractivity (Wildman–Crippen MR) is 242 cm³/mol. The van der Waals surface area contributed by atoms with Crippen molar-refractivity contribution in [3.63, 3.8) is 0 Å². The first kappa shape index (κ1) is 32.0. The zero-order valence-electron chi connectivity index (χ0n) is 39.5. The average Bonchev–Trinajstić information content (AvgIpc) is 4.06. The summed E-state index contributed by atoms with van der Waals surface area (Å²) in [6.45, 7) is 6.73. The smallest absolute Gasteiger partial charge is 0.268 e. The third-order valence-electron chi connectivity index (χ3n) is 11.1. The van der Waals surface area contributed by atoms with Gasteiger partial charge in [-0.05, 0) is 70.3 Å². The van der Waals surface area contributed by atoms with Gasteiger partial charge in [0.05, 0.1) is 34.7 Å². The predicted octanol–water partition coefficient (Wildman–Crippen LogP) is 12.8. The van der Waals surface area contributed by atoms with Gasteiger partial charge in [0, 0.05) is 33.3 Å². The second-order valence-electron chi connectivity index (χ2n) is 16.0. The van der Waals surface area contributed by atoms with Crippen LogP contribution in [-0.2, 0) is 32.9 Å². The molecule has 4 heterocycles. The van der Waals surface area contributed by atoms with Gasteiger partial charge in [0.15, 0.2) is 5.58 Å². The van der Waals surface area contributed by atoms with Crippen LogP contribution in [0.3, 0.4) is 0 Å². The summed E-state index contributed by atoms with van der Waals surface area (Å²) in [6, 6.07) is 48.6. The third-order valence-corrected chi connectivity index (χ3v) is 11.1. The molecule has 0 unspecified atom stereocenters. The third kappa shape index (κ3) is 6.70. The van der Waals surface area contributed by atoms with E-state index in [1.165, 1.54) is 5.56 Å². The minimum atomic E-state index is -0.420. The number of nitrogens with zero attached hydrogens (tertiary/aromatic N) is 4. The van der Waals surface area contributed by atoms with E-state index in [2.05, 4.69) is 128 Å². The molecule has 0 N–H and O–H groups in total. The molecular weight excluding hydrogens is 928 g/mol. The zero-order chi connectivity index (χ0) is 45.6. The topological polar surface area (TPSA) is 39.8 Å². The van der Waals surface area contributed by atoms with Gasteiger partial charge < -0.3 is 13.6 Å². The Bertz CT molecular complexity index is 3760. The number of fused-ring (bicyclic) bond motifs is 5. The van der Waals surface area contributed by atoms with Gasteiger partial charge in [-0.15, -0.1) is 5.39 Å². The quantitative estimate of drug-likeness (QED) is 0.118. The summed E-state index contributed by atoms with van der Waals surface area (Å²) in [5.41, 5.74) is 11.2. The van der Waals surface area contributed by atoms with Crippen LogP contribution in [0.25, 0.3) is 83.3 Å². The molecule has 11 rings (SSSR count). The van der Waals surface area contributed by atoms with Crippen molar-refractivity contribution in [2.24, 2.45) is 0 Å². The molecule has 4 aromatic heterocycles. The van der Waals surface area contributed by atoms with E-state index < -0.39 is 12.1 Å². The van der Waals surface area contributed by atoms with Crippen LogP contribution >= 0.6 is 0 Å². The van der Waals surface area contributed by atoms with Crippen molar-refractivity contribution in [3.8, 4) is 39.4 Å². The largest absolute Gasteiger partial charge is 0.463 e. The van der Waals surface area contributed by atoms with Crippen molar-refractivity contribution < 1.29 is 38.3 Å². The summed E-state index contributed by atoms with van der Waals surface area (Å²) in [7, 11) is 0. The summed E-state index contributed by atoms with van der Waals surface area (Å²) in [5, 5.41) is 1.09. The minimum Gasteiger partial charge on any atom is -0.463 e. The number of rotatable bonds is 7. The normalized spacial score (nSPS) is 13.2. The summed E-state index contributed by atoms with van der Waals surface area (Å²) >= 11 is 0. The standard InChI is InChI=1S/C55H40N4O.Pt/c1-55(2,3)47-23-9-7-19-43(47)46-22-14-21-42(39-16-5-4-6-17-39)54(46)58-36-57(49-25-11-12-26-50(49)58)41-18-13-15-37(32-41)31-38-27-28-45-44-20-8-10-24-48(44)59(51(45)33-38)53-34-40-29-30-60-52(40)35-56-53;/h4-30,34-35H,31H2,1-3H3;/q-2;/i8D,10D,20D,24D,27D,28D;. The van der Waals surface area contributed by atoms with E-state index in [9.17, 15) is 2.74 Å². The Morgan fingerprint density at radius 1 is 0.705 bits per heavy atom. The van der Waals surface area contributed by atoms with E-state index in [4.69, 9.17) is 9.90 Å². The maximum Gasteiger partial charge on any atom is 0.268 e. The molecule has 0 bridgehead atoms. The van der Waals surface area contributed by atoms with Crippen LogP contribution in [0.5, 0.6) is 0 Å². The van der Waals surface area contributed by atoms with E-state index in [0.29, 0.717) is 22.5 Å². The molecule has 0 radical (unpaired) electrons. The fraction of sp³-hybridized carbons (Fsp3) is 0.0909. The summed E-state index contributed by atoms with van der Waals surface area (Å²) in [5.74, 6) is 0.365. The molecule has 7 aromatic carbocycles. The number of hydrogen-bond donors (Lipinski definition) is 0. The summed E-state index contributed by atoms with van der Waals surface area (Å²) in [4.78, 5) is 4.64. The number of pyridine rings is 1. The molecule has 0 aliphatic carbocycles. The fourth-order valence-corrected chi connectivity index (χ4v) is 8.40. The van der Waals surface area contributed by atoms with Crippen molar-refractivity contribution >= 4 is 43.8 Å². The number of furan rings is 1. The first-order chi connectivity index (χ1) is 31.9. The van der Waals surface area contributed by atoms with Crippen LogP contribution in [-0.4, -0.2) is 14.1 Å². The van der Waals surface area contributed by atoms with Gasteiger partial charge in [-0.25, -0.2) is 4.98 Å². The van der Waals surface area contributed by atoms with Crippen molar-refractivity contribution in [3.05, 3.63) is 211 Å². The molecule has 0 aliphatic heterocycles. The molecule has 6 heteroatoms. The first-order valence-corrected chi connectivity index (χ1v) is 19.9. The van der Waals surface area contributed by atoms with Crippen molar-refractivity contribution in [2.45, 2.75) is 32.6 Å². The molecule has 0 amide bonds. The molecular formula is C55H40N4OPt-2. The Labute approximate surface area is 377 Å². The molecule has 298 valence electrons. The molecule has 0 saturated heterocycles. The number of hydrogen-bond acceptors (Lipinski definition) is 2. The van der Waals surface area contributed by atoms with E-state index in [-0.39, 0.29) is 73.4 Å². The maximum absolute atomic E-state index is 9.38. The van der Waals surface area contributed by atoms with E-state index in [0.717, 1.165) is 55.6 Å². The fourth-order valence-electron chi connectivity index (χ4n) is 8.40. The monoisotopic (exact) mass is 973 g/mol. The van der Waals surface area contributed by atoms with Gasteiger partial charge in [-0.3, -0.25) is 4.57 Å². The summed E-state index contributed by atoms with van der Waals surface area (Å²) < 4.78 is 65.1. The van der Waals surface area contributed by atoms with E-state index >= 15 is 0 Å². The number of aromatic nitrogens is 4. The van der Waals surface area contributed by atoms with Gasteiger partial charge in [0.1, 0.15) is 5.82 Å². The van der Waals surface area contributed by atoms with Crippen molar-refractivity contribution in [2.75, 3.05) is 0 Å². The zero-order valence-corrected chi connectivity index (χ0v) is 35.8. The molecule has 0 fully saturated rings. The van der Waals surface area contributed by atoms with Crippen LogP contribution in [0.4, 0.5) is 0 Å². The Morgan fingerprint density at radius 2 is 1.48 bits per heavy atom. The van der Waals surface area contributed by atoms with Crippen LogP contribution in [0.1, 0.15) is 45.7 Å². The van der Waals surface area contributed by atoms with Crippen LogP contribution in [0, 0.1) is 18.5 Å². The van der Waals surface area contributed by atoms with Crippen molar-refractivity contribution in [1.29, 1.82) is 0 Å². The SMILES string of the molecule is [2H]c1c(Cc2[c-]c(-n3[c-][n+](-c4c(-c5ccccc5)cccc4-c4ccccc4C(C)(C)C)c4ccccc43)ccc2)[c-]c2c(c1[2H])c1c([2H])c([2H])c([2H])c([2H])c1n2-c1cc2ccoc2cn1.[Pt]. The van der Waals surface area contributed by atoms with Crippen molar-refractivity contribution in [1.82, 2.24) is 14.1 Å². The van der Waals surface area contributed by atoms with Gasteiger partial charge in [-0.1, -0.05) is 141 Å². The van der Waals surface area contributed by atoms with Crippen LogP contribution in [0.2, 0.25) is 0 Å². The molecule has 0 aliphatic rings. The van der Waals surface area contributed by atoms with Gasteiger partial charge >= 0.3 is 0 Å². The number of para-hydroxylation sites is 4. The van der Waals surface area contributed by atoms with Gasteiger partial charge in [0.25, 0.3) is 6.33 Å². The number of benzene rings is 7. The Kier molecular flexibility index (Phi) is 8.05. The maximum atomic E-state index is 9.38. The minimum absolute atomic E-state index is 0. The van der Waals surface area contributed by atoms with E-state index in [1.807, 2.05) is 41.0 Å².